The molecule has 1 aromatic carbocycles. The monoisotopic (exact) mass is 278 g/mol. The zero-order valence-electron chi connectivity index (χ0n) is 10.8. The number of benzene rings is 1. The summed E-state index contributed by atoms with van der Waals surface area (Å²) in [5.74, 6) is -0.837. The highest BCUT2D eigenvalue weighted by Crippen LogP contribution is 2.13. The van der Waals surface area contributed by atoms with Gasteiger partial charge in [0.25, 0.3) is 0 Å². The fourth-order valence-corrected chi connectivity index (χ4v) is 1.58. The third-order valence-electron chi connectivity index (χ3n) is 2.31. The first-order valence-corrected chi connectivity index (χ1v) is 6.22. The molecule has 0 amide bonds. The van der Waals surface area contributed by atoms with Crippen LogP contribution in [0, 0.1) is 0 Å². The zero-order chi connectivity index (χ0) is 14.3. The maximum atomic E-state index is 12.0. The molecule has 0 aliphatic carbocycles. The number of hydrogen-bond acceptors (Lipinski definition) is 3. The average molecular weight is 279 g/mol. The molecule has 19 heavy (non-hydrogen) atoms. The molecule has 0 aromatic heterocycles. The van der Waals surface area contributed by atoms with Crippen LogP contribution in [0.3, 0.4) is 0 Å². The molecule has 1 rings (SSSR count). The van der Waals surface area contributed by atoms with Gasteiger partial charge in [0.05, 0.1) is 0 Å². The molecule has 0 unspecified atom stereocenters. The molecule has 0 saturated carbocycles. The van der Waals surface area contributed by atoms with Crippen molar-refractivity contribution < 1.29 is 14.3 Å². The number of esters is 1. The van der Waals surface area contributed by atoms with E-state index in [4.69, 9.17) is 16.3 Å². The normalized spacial score (nSPS) is 12.8. The van der Waals surface area contributed by atoms with Crippen molar-refractivity contribution in [2.75, 3.05) is 0 Å². The van der Waals surface area contributed by atoms with Crippen molar-refractivity contribution in [2.24, 2.45) is 0 Å². The second kappa shape index (κ2) is 7.54. The van der Waals surface area contributed by atoms with Crippen LogP contribution >= 0.6 is 11.6 Å². The van der Waals surface area contributed by atoms with Crippen molar-refractivity contribution in [1.29, 1.82) is 0 Å². The van der Waals surface area contributed by atoms with Crippen LogP contribution in [0.4, 0.5) is 0 Å². The molecule has 3 nitrogen and oxygen atoms in total. The summed E-state index contributed by atoms with van der Waals surface area (Å²) in [4.78, 5) is 23.4. The second-order valence-electron chi connectivity index (χ2n) is 3.84. The number of halogens is 1. The van der Waals surface area contributed by atoms with Crippen LogP contribution in [0.25, 0.3) is 0 Å². The summed E-state index contributed by atoms with van der Waals surface area (Å²) < 4.78 is 5.00. The number of rotatable bonds is 5. The van der Waals surface area contributed by atoms with Gasteiger partial charge in [-0.2, -0.15) is 0 Å². The van der Waals surface area contributed by atoms with Crippen LogP contribution in [0.1, 0.15) is 24.2 Å². The first-order valence-electron chi connectivity index (χ1n) is 5.84. The number of ketones is 1. The third-order valence-corrected chi connectivity index (χ3v) is 2.54. The maximum absolute atomic E-state index is 12.0. The molecule has 0 fully saturated rings. The molecule has 0 spiro atoms. The van der Waals surface area contributed by atoms with Gasteiger partial charge in [-0.15, -0.1) is 0 Å². The summed E-state index contributed by atoms with van der Waals surface area (Å²) in [7, 11) is 0. The average Bonchev–Trinajstić information content (AvgIpc) is 2.38. The van der Waals surface area contributed by atoms with E-state index in [1.54, 1.807) is 42.5 Å². The maximum Gasteiger partial charge on any atom is 0.331 e. The Bertz CT molecular complexity index is 518. The molecule has 0 aliphatic rings. The summed E-state index contributed by atoms with van der Waals surface area (Å²) in [5.41, 5.74) is 0.422. The highest BCUT2D eigenvalue weighted by Gasteiger charge is 2.18. The highest BCUT2D eigenvalue weighted by molar-refractivity contribution is 6.31. The number of carbonyl (C=O) groups excluding carboxylic acids is 2. The fraction of sp³-hybridized carbons (Fsp3) is 0.200. The molecular weight excluding hydrogens is 264 g/mol. The number of ether oxygens (including phenoxy) is 1. The van der Waals surface area contributed by atoms with Gasteiger partial charge in [-0.05, 0) is 26.0 Å². The van der Waals surface area contributed by atoms with E-state index in [1.807, 2.05) is 6.92 Å². The summed E-state index contributed by atoms with van der Waals surface area (Å²) in [6.45, 7) is 3.37. The number of allylic oxidation sites excluding steroid dienone is 3. The van der Waals surface area contributed by atoms with Gasteiger partial charge in [-0.1, -0.05) is 42.0 Å². The standard InChI is InChI=1S/C15H15ClO3/c1-3-4-5-9-14(17)19-11(2)15(18)12-7-6-8-13(16)10-12/h3-11H,1-2H3/b4-3+,9-5+/t11-/m0/s1. The van der Waals surface area contributed by atoms with Crippen LogP contribution in [0.2, 0.25) is 5.02 Å². The molecule has 0 radical (unpaired) electrons. The Morgan fingerprint density at radius 3 is 2.68 bits per heavy atom. The van der Waals surface area contributed by atoms with Crippen molar-refractivity contribution in [3.8, 4) is 0 Å². The van der Waals surface area contributed by atoms with E-state index in [0.29, 0.717) is 10.6 Å². The lowest BCUT2D eigenvalue weighted by molar-refractivity contribution is -0.140. The highest BCUT2D eigenvalue weighted by atomic mass is 35.5. The first-order chi connectivity index (χ1) is 9.04. The predicted molar refractivity (Wildman–Crippen MR) is 75.3 cm³/mol. The molecule has 0 bridgehead atoms. The molecule has 0 heterocycles. The number of carbonyl (C=O) groups is 2. The Hall–Kier alpha value is -1.87. The van der Waals surface area contributed by atoms with Gasteiger partial charge in [-0.25, -0.2) is 4.79 Å². The van der Waals surface area contributed by atoms with Crippen molar-refractivity contribution >= 4 is 23.4 Å². The Kier molecular flexibility index (Phi) is 6.03. The molecule has 0 aliphatic heterocycles. The molecule has 1 aromatic rings. The predicted octanol–water partition coefficient (Wildman–Crippen LogP) is 3.59. The molecule has 0 saturated heterocycles. The van der Waals surface area contributed by atoms with E-state index < -0.39 is 12.1 Å². The Balaban J connectivity index is 2.65. The van der Waals surface area contributed by atoms with Crippen molar-refractivity contribution in [3.63, 3.8) is 0 Å². The minimum atomic E-state index is -0.846. The summed E-state index contributed by atoms with van der Waals surface area (Å²) in [6.07, 6.45) is 5.46. The SMILES string of the molecule is C/C=C/C=C/C(=O)O[C@@H](C)C(=O)c1cccc(Cl)c1. The summed E-state index contributed by atoms with van der Waals surface area (Å²) >= 11 is 5.81. The van der Waals surface area contributed by atoms with Gasteiger partial charge in [0.2, 0.25) is 5.78 Å². The Morgan fingerprint density at radius 1 is 1.32 bits per heavy atom. The van der Waals surface area contributed by atoms with Crippen LogP contribution in [-0.4, -0.2) is 17.9 Å². The van der Waals surface area contributed by atoms with Crippen molar-refractivity contribution in [3.05, 3.63) is 59.2 Å². The molecule has 0 N–H and O–H groups in total. The van der Waals surface area contributed by atoms with Crippen LogP contribution in [-0.2, 0) is 9.53 Å². The lowest BCUT2D eigenvalue weighted by atomic mass is 10.1. The van der Waals surface area contributed by atoms with Crippen LogP contribution < -0.4 is 0 Å². The van der Waals surface area contributed by atoms with Crippen LogP contribution in [0.15, 0.2) is 48.6 Å². The lowest BCUT2D eigenvalue weighted by Crippen LogP contribution is -2.23. The smallest absolute Gasteiger partial charge is 0.331 e. The Morgan fingerprint density at radius 2 is 2.05 bits per heavy atom. The summed E-state index contributed by atoms with van der Waals surface area (Å²) in [5, 5.41) is 0.470. The second-order valence-corrected chi connectivity index (χ2v) is 4.28. The lowest BCUT2D eigenvalue weighted by Gasteiger charge is -2.10. The molecule has 4 heteroatoms. The fourth-order valence-electron chi connectivity index (χ4n) is 1.39. The van der Waals surface area contributed by atoms with Gasteiger partial charge in [0.1, 0.15) is 0 Å². The summed E-state index contributed by atoms with van der Waals surface area (Å²) in [6, 6.07) is 6.53. The van der Waals surface area contributed by atoms with E-state index in [-0.39, 0.29) is 5.78 Å². The first kappa shape index (κ1) is 15.2. The molecule has 100 valence electrons. The zero-order valence-corrected chi connectivity index (χ0v) is 11.6. The van der Waals surface area contributed by atoms with Gasteiger partial charge >= 0.3 is 5.97 Å². The molecular formula is C15H15ClO3. The van der Waals surface area contributed by atoms with E-state index >= 15 is 0 Å². The largest absolute Gasteiger partial charge is 0.451 e. The minimum Gasteiger partial charge on any atom is -0.451 e. The quantitative estimate of drug-likeness (QED) is 0.358. The van der Waals surface area contributed by atoms with Crippen LogP contribution in [0.5, 0.6) is 0 Å². The number of hydrogen-bond donors (Lipinski definition) is 0. The van der Waals surface area contributed by atoms with Gasteiger partial charge < -0.3 is 4.74 Å². The van der Waals surface area contributed by atoms with E-state index in [1.165, 1.54) is 13.0 Å². The third kappa shape index (κ3) is 5.10. The number of Topliss-reactive ketones (excluding diaryl/α,β-unsaturated/α-hetero) is 1. The van der Waals surface area contributed by atoms with E-state index in [9.17, 15) is 9.59 Å². The van der Waals surface area contributed by atoms with Crippen molar-refractivity contribution in [1.82, 2.24) is 0 Å². The minimum absolute atomic E-state index is 0.282. The van der Waals surface area contributed by atoms with Gasteiger partial charge in [-0.3, -0.25) is 4.79 Å². The Labute approximate surface area is 117 Å². The topological polar surface area (TPSA) is 43.4 Å². The van der Waals surface area contributed by atoms with Gasteiger partial charge in [0.15, 0.2) is 6.10 Å². The van der Waals surface area contributed by atoms with E-state index in [2.05, 4.69) is 0 Å². The van der Waals surface area contributed by atoms with Gasteiger partial charge in [0, 0.05) is 16.7 Å². The van der Waals surface area contributed by atoms with E-state index in [0.717, 1.165) is 0 Å². The molecule has 1 atom stereocenters. The van der Waals surface area contributed by atoms with Crippen molar-refractivity contribution in [2.45, 2.75) is 20.0 Å².